The Morgan fingerprint density at radius 1 is 0.825 bits per heavy atom. The van der Waals surface area contributed by atoms with Crippen molar-refractivity contribution in [1.29, 1.82) is 0 Å². The molecular weight excluding hydrogens is 530 g/mol. The fraction of sp³-hybridized carbons (Fsp3) is 0.133. The first-order valence-electron chi connectivity index (χ1n) is 12.2. The molecule has 0 aliphatic heterocycles. The number of hydrogen-bond acceptors (Lipinski definition) is 7. The summed E-state index contributed by atoms with van der Waals surface area (Å²) in [5, 5.41) is 4.08. The summed E-state index contributed by atoms with van der Waals surface area (Å²) in [6, 6.07) is 26.9. The zero-order chi connectivity index (χ0) is 28.5. The average molecular weight is 560 g/mol. The van der Waals surface area contributed by atoms with Crippen LogP contribution in [0.15, 0.2) is 107 Å². The molecule has 0 saturated heterocycles. The van der Waals surface area contributed by atoms with Gasteiger partial charge in [-0.25, -0.2) is 13.8 Å². The Labute approximate surface area is 233 Å². The van der Waals surface area contributed by atoms with E-state index < -0.39 is 15.9 Å². The monoisotopic (exact) mass is 559 g/mol. The highest BCUT2D eigenvalue weighted by Crippen LogP contribution is 2.30. The molecule has 0 atom stereocenters. The molecule has 0 aliphatic rings. The van der Waals surface area contributed by atoms with Crippen LogP contribution < -0.4 is 23.9 Å². The Hall–Kier alpha value is -4.83. The predicted octanol–water partition coefficient (Wildman–Crippen LogP) is 4.87. The third kappa shape index (κ3) is 6.41. The van der Waals surface area contributed by atoms with Crippen LogP contribution in [-0.2, 0) is 16.6 Å². The highest BCUT2D eigenvalue weighted by Gasteiger charge is 2.28. The first kappa shape index (κ1) is 28.2. The molecule has 0 unspecified atom stereocenters. The molecule has 0 heterocycles. The van der Waals surface area contributed by atoms with E-state index in [1.165, 1.54) is 36.9 Å². The Balaban J connectivity index is 1.69. The number of hydrazone groups is 1. The molecule has 0 aliphatic carbocycles. The molecule has 0 aromatic heterocycles. The van der Waals surface area contributed by atoms with Gasteiger partial charge in [0.15, 0.2) is 0 Å². The number of carbonyl (C=O) groups excluding carboxylic acids is 1. The molecule has 0 radical (unpaired) electrons. The van der Waals surface area contributed by atoms with Crippen LogP contribution in [0, 0.1) is 0 Å². The fourth-order valence-corrected chi connectivity index (χ4v) is 5.44. The molecule has 1 N–H and O–H groups in total. The lowest BCUT2D eigenvalue weighted by Crippen LogP contribution is -2.33. The van der Waals surface area contributed by atoms with E-state index in [4.69, 9.17) is 14.2 Å². The van der Waals surface area contributed by atoms with Crippen molar-refractivity contribution in [2.45, 2.75) is 11.4 Å². The maximum absolute atomic E-state index is 13.9. The quantitative estimate of drug-likeness (QED) is 0.208. The molecule has 9 nitrogen and oxygen atoms in total. The van der Waals surface area contributed by atoms with Crippen LogP contribution in [0.2, 0.25) is 0 Å². The van der Waals surface area contributed by atoms with E-state index in [2.05, 4.69) is 10.5 Å². The minimum absolute atomic E-state index is 0.00374. The summed E-state index contributed by atoms with van der Waals surface area (Å²) in [5.74, 6) is 1.08. The van der Waals surface area contributed by atoms with Gasteiger partial charge in [0.05, 0.1) is 50.2 Å². The molecule has 40 heavy (non-hydrogen) atoms. The van der Waals surface area contributed by atoms with Gasteiger partial charge in [0, 0.05) is 5.56 Å². The Morgan fingerprint density at radius 3 is 2.15 bits per heavy atom. The molecule has 0 bridgehead atoms. The van der Waals surface area contributed by atoms with E-state index in [1.807, 2.05) is 30.3 Å². The highest BCUT2D eigenvalue weighted by atomic mass is 32.2. The van der Waals surface area contributed by atoms with Gasteiger partial charge >= 0.3 is 0 Å². The second kappa shape index (κ2) is 12.8. The average Bonchev–Trinajstić information content (AvgIpc) is 3.00. The van der Waals surface area contributed by atoms with Crippen molar-refractivity contribution < 1.29 is 27.4 Å². The number of methoxy groups -OCH3 is 3. The molecule has 4 rings (SSSR count). The van der Waals surface area contributed by atoms with E-state index in [0.717, 1.165) is 5.56 Å². The first-order valence-corrected chi connectivity index (χ1v) is 13.7. The summed E-state index contributed by atoms with van der Waals surface area (Å²) in [6.07, 6.45) is 1.43. The predicted molar refractivity (Wildman–Crippen MR) is 154 cm³/mol. The first-order chi connectivity index (χ1) is 19.4. The Kier molecular flexibility index (Phi) is 9.03. The lowest BCUT2D eigenvalue weighted by molar-refractivity contribution is 0.0955. The van der Waals surface area contributed by atoms with Crippen LogP contribution in [0.4, 0.5) is 5.69 Å². The SMILES string of the molecule is COc1ccc(S(=O)(=O)N(Cc2ccccc2)c2ccccc2C(=O)N/N=C/c2cc(OC)ccc2OC)cc1. The van der Waals surface area contributed by atoms with E-state index in [0.29, 0.717) is 22.8 Å². The molecular formula is C30H29N3O6S. The van der Waals surface area contributed by atoms with Crippen molar-refractivity contribution >= 4 is 27.8 Å². The molecule has 206 valence electrons. The number of nitrogens with zero attached hydrogens (tertiary/aromatic N) is 2. The summed E-state index contributed by atoms with van der Waals surface area (Å²) < 4.78 is 44.9. The van der Waals surface area contributed by atoms with Gasteiger partial charge < -0.3 is 14.2 Å². The van der Waals surface area contributed by atoms with Gasteiger partial charge in [0.25, 0.3) is 15.9 Å². The van der Waals surface area contributed by atoms with Crippen molar-refractivity contribution in [2.24, 2.45) is 5.10 Å². The zero-order valence-electron chi connectivity index (χ0n) is 22.3. The molecule has 10 heteroatoms. The minimum Gasteiger partial charge on any atom is -0.497 e. The van der Waals surface area contributed by atoms with Crippen molar-refractivity contribution in [3.63, 3.8) is 0 Å². The van der Waals surface area contributed by atoms with E-state index in [1.54, 1.807) is 61.7 Å². The van der Waals surface area contributed by atoms with Crippen molar-refractivity contribution in [3.05, 3.63) is 114 Å². The highest BCUT2D eigenvalue weighted by molar-refractivity contribution is 7.92. The van der Waals surface area contributed by atoms with Crippen molar-refractivity contribution in [2.75, 3.05) is 25.6 Å². The van der Waals surface area contributed by atoms with Gasteiger partial charge in [-0.05, 0) is 60.2 Å². The summed E-state index contributed by atoms with van der Waals surface area (Å²) in [4.78, 5) is 13.4. The van der Waals surface area contributed by atoms with Crippen LogP contribution in [-0.4, -0.2) is 41.9 Å². The molecule has 0 fully saturated rings. The maximum Gasteiger partial charge on any atom is 0.273 e. The number of anilines is 1. The number of sulfonamides is 1. The Morgan fingerprint density at radius 2 is 1.48 bits per heavy atom. The molecule has 4 aromatic carbocycles. The van der Waals surface area contributed by atoms with Crippen LogP contribution in [0.3, 0.4) is 0 Å². The zero-order valence-corrected chi connectivity index (χ0v) is 23.1. The lowest BCUT2D eigenvalue weighted by Gasteiger charge is -2.26. The van der Waals surface area contributed by atoms with Crippen molar-refractivity contribution in [3.8, 4) is 17.2 Å². The van der Waals surface area contributed by atoms with Gasteiger partial charge in [-0.2, -0.15) is 5.10 Å². The number of nitrogens with one attached hydrogen (secondary N) is 1. The number of benzene rings is 4. The number of rotatable bonds is 11. The number of hydrogen-bond donors (Lipinski definition) is 1. The fourth-order valence-electron chi connectivity index (χ4n) is 3.97. The smallest absolute Gasteiger partial charge is 0.273 e. The van der Waals surface area contributed by atoms with Crippen LogP contribution in [0.25, 0.3) is 0 Å². The standard InChI is InChI=1S/C30H29N3O6S/c1-37-24-13-16-26(17-14-24)40(35,36)33(21-22-9-5-4-6-10-22)28-12-8-7-11-27(28)30(34)32-31-20-23-19-25(38-2)15-18-29(23)39-3/h4-20H,21H2,1-3H3,(H,32,34)/b31-20+. The largest absolute Gasteiger partial charge is 0.497 e. The summed E-state index contributed by atoms with van der Waals surface area (Å²) >= 11 is 0. The van der Waals surface area contributed by atoms with Crippen molar-refractivity contribution in [1.82, 2.24) is 5.43 Å². The number of ether oxygens (including phenoxy) is 3. The maximum atomic E-state index is 13.9. The normalized spacial score (nSPS) is 11.2. The van der Waals surface area contributed by atoms with Crippen LogP contribution in [0.1, 0.15) is 21.5 Å². The van der Waals surface area contributed by atoms with Gasteiger partial charge in [-0.15, -0.1) is 0 Å². The second-order valence-corrected chi connectivity index (χ2v) is 10.4. The topological polar surface area (TPSA) is 107 Å². The summed E-state index contributed by atoms with van der Waals surface area (Å²) in [6.45, 7) is 0.00374. The molecule has 4 aromatic rings. The summed E-state index contributed by atoms with van der Waals surface area (Å²) in [5.41, 5.74) is 4.16. The van der Waals surface area contributed by atoms with Gasteiger partial charge in [-0.1, -0.05) is 42.5 Å². The van der Waals surface area contributed by atoms with Crippen LogP contribution >= 0.6 is 0 Å². The van der Waals surface area contributed by atoms with Crippen LogP contribution in [0.5, 0.6) is 17.2 Å². The second-order valence-electron chi connectivity index (χ2n) is 8.50. The van der Waals surface area contributed by atoms with Gasteiger partial charge in [0.2, 0.25) is 0 Å². The van der Waals surface area contributed by atoms with Gasteiger partial charge in [0.1, 0.15) is 17.2 Å². The summed E-state index contributed by atoms with van der Waals surface area (Å²) in [7, 11) is 0.493. The number of amides is 1. The third-order valence-electron chi connectivity index (χ3n) is 6.04. The van der Waals surface area contributed by atoms with E-state index in [9.17, 15) is 13.2 Å². The minimum atomic E-state index is -4.08. The Bertz CT molecular complexity index is 1590. The van der Waals surface area contributed by atoms with Gasteiger partial charge in [-0.3, -0.25) is 9.10 Å². The van der Waals surface area contributed by atoms with E-state index >= 15 is 0 Å². The molecule has 1 amide bonds. The lowest BCUT2D eigenvalue weighted by atomic mass is 10.1. The number of carbonyl (C=O) groups is 1. The van der Waals surface area contributed by atoms with E-state index in [-0.39, 0.29) is 22.7 Å². The molecule has 0 saturated carbocycles. The third-order valence-corrected chi connectivity index (χ3v) is 7.81. The number of para-hydroxylation sites is 1. The molecule has 0 spiro atoms.